The smallest absolute Gasteiger partial charge is 0.193 e. The van der Waals surface area contributed by atoms with E-state index in [-0.39, 0.29) is 29.7 Å². The Hall–Kier alpha value is 0.300. The first-order valence-corrected chi connectivity index (χ1v) is 10.8. The molecule has 0 aromatic rings. The van der Waals surface area contributed by atoms with E-state index in [4.69, 9.17) is 0 Å². The Balaban J connectivity index is 0.00000242. The van der Waals surface area contributed by atoms with Crippen molar-refractivity contribution in [3.05, 3.63) is 0 Å². The predicted octanol–water partition coefficient (Wildman–Crippen LogP) is 1.98. The molecule has 0 unspecified atom stereocenters. The highest BCUT2D eigenvalue weighted by Crippen LogP contribution is 2.42. The second-order valence-corrected chi connectivity index (χ2v) is 9.94. The number of rotatable bonds is 3. The summed E-state index contributed by atoms with van der Waals surface area (Å²) in [5, 5.41) is 3.21. The fraction of sp³-hybridized carbons (Fsp3) is 0.929. The van der Waals surface area contributed by atoms with Crippen LogP contribution in [0.2, 0.25) is 0 Å². The van der Waals surface area contributed by atoms with Crippen LogP contribution in [0.4, 0.5) is 0 Å². The van der Waals surface area contributed by atoms with Crippen molar-refractivity contribution >= 4 is 51.5 Å². The van der Waals surface area contributed by atoms with E-state index in [1.807, 2.05) is 0 Å². The molecular formula is C14H28IN3O2S2. The number of halogens is 1. The molecule has 0 aromatic carbocycles. The van der Waals surface area contributed by atoms with Gasteiger partial charge in [0.15, 0.2) is 5.96 Å². The van der Waals surface area contributed by atoms with Gasteiger partial charge in [-0.1, -0.05) is 19.3 Å². The minimum Gasteiger partial charge on any atom is -0.355 e. The third kappa shape index (κ3) is 6.07. The predicted molar refractivity (Wildman–Crippen MR) is 106 cm³/mol. The fourth-order valence-electron chi connectivity index (χ4n) is 3.20. The van der Waals surface area contributed by atoms with Crippen LogP contribution in [0.25, 0.3) is 0 Å². The second-order valence-electron chi connectivity index (χ2n) is 6.12. The first kappa shape index (κ1) is 20.3. The monoisotopic (exact) mass is 461 g/mol. The Labute approximate surface area is 156 Å². The van der Waals surface area contributed by atoms with Crippen molar-refractivity contribution in [2.45, 2.75) is 36.9 Å². The molecule has 2 rings (SSSR count). The van der Waals surface area contributed by atoms with Crippen molar-refractivity contribution in [1.29, 1.82) is 0 Å². The summed E-state index contributed by atoms with van der Waals surface area (Å²) in [4.78, 5) is 6.65. The number of thioether (sulfide) groups is 1. The van der Waals surface area contributed by atoms with E-state index in [1.54, 1.807) is 7.05 Å². The summed E-state index contributed by atoms with van der Waals surface area (Å²) in [7, 11) is -1.15. The molecule has 8 heteroatoms. The third-order valence-electron chi connectivity index (χ3n) is 4.28. The molecule has 0 radical (unpaired) electrons. The molecule has 0 amide bonds. The zero-order chi connectivity index (χ0) is 15.3. The maximum Gasteiger partial charge on any atom is 0.193 e. The average molecular weight is 461 g/mol. The summed E-state index contributed by atoms with van der Waals surface area (Å²) in [5.41, 5.74) is 0. The first-order valence-electron chi connectivity index (χ1n) is 7.71. The van der Waals surface area contributed by atoms with Crippen LogP contribution >= 0.6 is 35.7 Å². The van der Waals surface area contributed by atoms with Crippen molar-refractivity contribution < 1.29 is 8.42 Å². The van der Waals surface area contributed by atoms with Crippen molar-refractivity contribution in [3.63, 3.8) is 0 Å². The van der Waals surface area contributed by atoms with Crippen LogP contribution < -0.4 is 5.32 Å². The van der Waals surface area contributed by atoms with Crippen LogP contribution in [-0.4, -0.2) is 68.5 Å². The van der Waals surface area contributed by atoms with Crippen LogP contribution in [0, 0.1) is 0 Å². The molecule has 22 heavy (non-hydrogen) atoms. The van der Waals surface area contributed by atoms with Crippen LogP contribution in [-0.2, 0) is 9.84 Å². The Morgan fingerprint density at radius 3 is 2.59 bits per heavy atom. The van der Waals surface area contributed by atoms with Crippen LogP contribution in [0.3, 0.4) is 0 Å². The number of nitrogens with zero attached hydrogens (tertiary/aromatic N) is 2. The van der Waals surface area contributed by atoms with E-state index in [0.29, 0.717) is 11.3 Å². The summed E-state index contributed by atoms with van der Waals surface area (Å²) in [6, 6.07) is 0. The van der Waals surface area contributed by atoms with Crippen LogP contribution in [0.15, 0.2) is 4.99 Å². The minimum atomic E-state index is -2.93. The van der Waals surface area contributed by atoms with E-state index >= 15 is 0 Å². The number of nitrogens with one attached hydrogen (secondary N) is 1. The van der Waals surface area contributed by atoms with Crippen LogP contribution in [0.5, 0.6) is 0 Å². The lowest BCUT2D eigenvalue weighted by Crippen LogP contribution is -2.53. The molecule has 1 aliphatic carbocycles. The minimum absolute atomic E-state index is 0. The van der Waals surface area contributed by atoms with E-state index in [2.05, 4.69) is 27.0 Å². The van der Waals surface area contributed by atoms with Crippen LogP contribution in [0.1, 0.15) is 32.1 Å². The second kappa shape index (κ2) is 8.96. The molecule has 1 saturated carbocycles. The molecule has 2 aliphatic rings. The normalized spacial score (nSPS) is 22.3. The number of aliphatic imine (C=N–C) groups is 1. The number of guanidine groups is 1. The van der Waals surface area contributed by atoms with Gasteiger partial charge in [-0.3, -0.25) is 4.99 Å². The summed E-state index contributed by atoms with van der Waals surface area (Å²) >= 11 is 2.13. The highest BCUT2D eigenvalue weighted by Gasteiger charge is 2.38. The van der Waals surface area contributed by atoms with Crippen molar-refractivity contribution in [1.82, 2.24) is 10.2 Å². The van der Waals surface area contributed by atoms with Gasteiger partial charge in [0.05, 0.1) is 5.75 Å². The van der Waals surface area contributed by atoms with Gasteiger partial charge in [-0.15, -0.1) is 24.0 Å². The molecular weight excluding hydrogens is 433 g/mol. The Kier molecular flexibility index (Phi) is 8.29. The standard InChI is InChI=1S/C14H27N3O2S2.HI/c1-15-13(16-8-11-21(2,18)19)17-9-10-20-14(12-17)6-4-3-5-7-14;/h3-12H2,1-2H3,(H,15,16);1H. The van der Waals surface area contributed by atoms with E-state index < -0.39 is 9.84 Å². The molecule has 0 aromatic heterocycles. The summed E-state index contributed by atoms with van der Waals surface area (Å²) in [5.74, 6) is 2.14. The average Bonchev–Trinajstić information content (AvgIpc) is 2.43. The molecule has 0 atom stereocenters. The van der Waals surface area contributed by atoms with Gasteiger partial charge >= 0.3 is 0 Å². The molecule has 5 nitrogen and oxygen atoms in total. The third-order valence-corrected chi connectivity index (χ3v) is 6.76. The SMILES string of the molecule is CN=C(NCCS(C)(=O)=O)N1CCSC2(CCCCC2)C1.I. The van der Waals surface area contributed by atoms with Crippen molar-refractivity contribution in [2.75, 3.05) is 44.4 Å². The Morgan fingerprint density at radius 2 is 2.00 bits per heavy atom. The fourth-order valence-corrected chi connectivity index (χ4v) is 5.25. The van der Waals surface area contributed by atoms with E-state index in [1.165, 1.54) is 38.4 Å². The van der Waals surface area contributed by atoms with E-state index in [9.17, 15) is 8.42 Å². The van der Waals surface area contributed by atoms with Gasteiger partial charge < -0.3 is 10.2 Å². The Bertz CT molecular complexity index is 471. The number of hydrogen-bond donors (Lipinski definition) is 1. The number of hydrogen-bond acceptors (Lipinski definition) is 4. The maximum atomic E-state index is 11.2. The topological polar surface area (TPSA) is 61.8 Å². The molecule has 1 N–H and O–H groups in total. The molecule has 1 aliphatic heterocycles. The van der Waals surface area contributed by atoms with Crippen molar-refractivity contribution in [3.8, 4) is 0 Å². The van der Waals surface area contributed by atoms with E-state index in [0.717, 1.165) is 24.8 Å². The largest absolute Gasteiger partial charge is 0.355 e. The maximum absolute atomic E-state index is 11.2. The molecule has 130 valence electrons. The summed E-state index contributed by atoms with van der Waals surface area (Å²) in [6.45, 7) is 2.46. The van der Waals surface area contributed by atoms with Gasteiger partial charge in [-0.25, -0.2) is 8.42 Å². The highest BCUT2D eigenvalue weighted by molar-refractivity contribution is 14.0. The zero-order valence-corrected chi connectivity index (χ0v) is 17.5. The lowest BCUT2D eigenvalue weighted by molar-refractivity contribution is 0.293. The van der Waals surface area contributed by atoms with Gasteiger partial charge in [0.25, 0.3) is 0 Å². The van der Waals surface area contributed by atoms with Gasteiger partial charge in [-0.2, -0.15) is 11.8 Å². The van der Waals surface area contributed by atoms with Gasteiger partial charge in [0, 0.05) is 43.4 Å². The molecule has 1 heterocycles. The number of sulfone groups is 1. The molecule has 1 saturated heterocycles. The first-order chi connectivity index (χ1) is 9.94. The lowest BCUT2D eigenvalue weighted by atomic mass is 9.87. The van der Waals surface area contributed by atoms with Gasteiger partial charge in [-0.05, 0) is 12.8 Å². The van der Waals surface area contributed by atoms with Gasteiger partial charge in [0.2, 0.25) is 0 Å². The summed E-state index contributed by atoms with van der Waals surface area (Å²) < 4.78 is 22.8. The zero-order valence-electron chi connectivity index (χ0n) is 13.5. The highest BCUT2D eigenvalue weighted by atomic mass is 127. The van der Waals surface area contributed by atoms with Crippen molar-refractivity contribution in [2.24, 2.45) is 4.99 Å². The van der Waals surface area contributed by atoms with Gasteiger partial charge in [0.1, 0.15) is 9.84 Å². The quantitative estimate of drug-likeness (QED) is 0.396. The molecule has 0 bridgehead atoms. The lowest BCUT2D eigenvalue weighted by Gasteiger charge is -2.45. The molecule has 2 fully saturated rings. The molecule has 1 spiro atoms. The summed E-state index contributed by atoms with van der Waals surface area (Å²) in [6.07, 6.45) is 7.90. The Morgan fingerprint density at radius 1 is 1.32 bits per heavy atom.